The van der Waals surface area contributed by atoms with Crippen molar-refractivity contribution >= 4 is 17.7 Å². The Morgan fingerprint density at radius 2 is 1.80 bits per heavy atom. The maximum atomic E-state index is 14.8. The van der Waals surface area contributed by atoms with Gasteiger partial charge in [-0.3, -0.25) is 19.3 Å². The molecule has 5 nitrogen and oxygen atoms in total. The second kappa shape index (κ2) is 7.02. The average molecular weight is 421 g/mol. The third-order valence-corrected chi connectivity index (χ3v) is 6.99. The van der Waals surface area contributed by atoms with Crippen LogP contribution >= 0.6 is 11.8 Å². The minimum Gasteiger partial charge on any atom is -0.321 e. The van der Waals surface area contributed by atoms with E-state index in [1.165, 1.54) is 23.9 Å². The van der Waals surface area contributed by atoms with Crippen molar-refractivity contribution in [1.29, 1.82) is 0 Å². The van der Waals surface area contributed by atoms with Crippen molar-refractivity contribution in [2.75, 3.05) is 18.7 Å². The summed E-state index contributed by atoms with van der Waals surface area (Å²) in [6.45, 7) is 1.99. The van der Waals surface area contributed by atoms with E-state index in [0.29, 0.717) is 28.6 Å². The predicted molar refractivity (Wildman–Crippen MR) is 115 cm³/mol. The average Bonchev–Trinajstić information content (AvgIpc) is 2.91. The number of hydrogen-bond donors (Lipinski definition) is 0. The zero-order valence-corrected chi connectivity index (χ0v) is 17.4. The summed E-state index contributed by atoms with van der Waals surface area (Å²) in [6, 6.07) is 14.4. The second-order valence-corrected chi connectivity index (χ2v) is 8.62. The van der Waals surface area contributed by atoms with Gasteiger partial charge in [-0.2, -0.15) is 0 Å². The highest BCUT2D eigenvalue weighted by atomic mass is 32.2. The Labute approximate surface area is 177 Å². The van der Waals surface area contributed by atoms with Crippen LogP contribution in [0.5, 0.6) is 0 Å². The molecule has 30 heavy (non-hydrogen) atoms. The molecule has 0 saturated carbocycles. The minimum absolute atomic E-state index is 0.173. The summed E-state index contributed by atoms with van der Waals surface area (Å²) in [6.07, 6.45) is 1.65. The molecule has 0 spiro atoms. The van der Waals surface area contributed by atoms with Crippen LogP contribution < -0.4 is 10.4 Å². The molecule has 0 fully saturated rings. The van der Waals surface area contributed by atoms with E-state index in [2.05, 4.69) is 12.1 Å². The number of carbonyl (C=O) groups excluding carboxylic acids is 1. The van der Waals surface area contributed by atoms with Crippen LogP contribution in [0.15, 0.2) is 64.4 Å². The highest BCUT2D eigenvalue weighted by Gasteiger charge is 2.37. The smallest absolute Gasteiger partial charge is 0.274 e. The lowest BCUT2D eigenvalue weighted by molar-refractivity contribution is 0.0730. The van der Waals surface area contributed by atoms with E-state index in [1.54, 1.807) is 35.8 Å². The summed E-state index contributed by atoms with van der Waals surface area (Å²) in [5, 5.41) is 2.03. The highest BCUT2D eigenvalue weighted by Crippen LogP contribution is 2.43. The first-order chi connectivity index (χ1) is 14.5. The summed E-state index contributed by atoms with van der Waals surface area (Å²) < 4.78 is 16.6. The fraction of sp³-hybridized carbons (Fsp3) is 0.217. The first-order valence-electron chi connectivity index (χ1n) is 9.71. The molecule has 0 saturated heterocycles. The van der Waals surface area contributed by atoms with Crippen molar-refractivity contribution in [2.24, 2.45) is 0 Å². The van der Waals surface area contributed by atoms with Crippen LogP contribution in [0.3, 0.4) is 0 Å². The normalized spacial score (nSPS) is 17.8. The molecule has 7 heteroatoms. The quantitative estimate of drug-likeness (QED) is 0.602. The number of hydrogen-bond acceptors (Lipinski definition) is 4. The van der Waals surface area contributed by atoms with Crippen molar-refractivity contribution in [1.82, 2.24) is 9.58 Å². The molecule has 2 aliphatic heterocycles. The Hall–Kier alpha value is -3.06. The van der Waals surface area contributed by atoms with Crippen molar-refractivity contribution < 1.29 is 9.18 Å². The van der Waals surface area contributed by atoms with Gasteiger partial charge in [-0.25, -0.2) is 4.39 Å². The van der Waals surface area contributed by atoms with E-state index < -0.39 is 0 Å². The number of rotatable bonds is 1. The number of nitrogens with zero attached hydrogens (tertiary/aromatic N) is 3. The SMILES string of the molecule is Cc1c2n(ccc1=O)N(C1c3ccccc3CSc3c(F)cccc31)CN(C)C2=O. The van der Waals surface area contributed by atoms with E-state index in [-0.39, 0.29) is 23.2 Å². The van der Waals surface area contributed by atoms with Crippen LogP contribution in [-0.4, -0.2) is 29.2 Å². The lowest BCUT2D eigenvalue weighted by Gasteiger charge is -2.43. The molecule has 152 valence electrons. The van der Waals surface area contributed by atoms with Crippen LogP contribution in [0.2, 0.25) is 0 Å². The van der Waals surface area contributed by atoms with Crippen molar-refractivity contribution in [3.05, 3.63) is 98.7 Å². The van der Waals surface area contributed by atoms with Gasteiger partial charge in [-0.15, -0.1) is 11.8 Å². The van der Waals surface area contributed by atoms with Crippen LogP contribution in [0.25, 0.3) is 0 Å². The van der Waals surface area contributed by atoms with Crippen LogP contribution in [0, 0.1) is 12.7 Å². The van der Waals surface area contributed by atoms with Gasteiger partial charge in [0.2, 0.25) is 0 Å². The van der Waals surface area contributed by atoms with Crippen LogP contribution in [-0.2, 0) is 5.75 Å². The van der Waals surface area contributed by atoms with E-state index in [9.17, 15) is 14.0 Å². The molecule has 2 aliphatic rings. The summed E-state index contributed by atoms with van der Waals surface area (Å²) in [5.41, 5.74) is 3.64. The van der Waals surface area contributed by atoms with Crippen LogP contribution in [0.4, 0.5) is 4.39 Å². The van der Waals surface area contributed by atoms with E-state index in [1.807, 2.05) is 23.2 Å². The van der Waals surface area contributed by atoms with Gasteiger partial charge in [0.15, 0.2) is 5.43 Å². The van der Waals surface area contributed by atoms with Gasteiger partial charge in [-0.05, 0) is 29.7 Å². The number of halogens is 1. The van der Waals surface area contributed by atoms with Gasteiger partial charge in [-0.1, -0.05) is 36.4 Å². The number of fused-ring (bicyclic) bond motifs is 3. The number of benzene rings is 2. The maximum absolute atomic E-state index is 14.8. The summed E-state index contributed by atoms with van der Waals surface area (Å²) in [7, 11) is 1.72. The first kappa shape index (κ1) is 18.9. The molecule has 3 heterocycles. The Morgan fingerprint density at radius 3 is 2.63 bits per heavy atom. The third kappa shape index (κ3) is 2.76. The van der Waals surface area contributed by atoms with Gasteiger partial charge in [0.25, 0.3) is 5.91 Å². The molecule has 3 aromatic rings. The minimum atomic E-state index is -0.307. The lowest BCUT2D eigenvalue weighted by atomic mass is 9.94. The summed E-state index contributed by atoms with van der Waals surface area (Å²) in [5.74, 6) is 0.226. The highest BCUT2D eigenvalue weighted by molar-refractivity contribution is 7.98. The lowest BCUT2D eigenvalue weighted by Crippen LogP contribution is -2.54. The molecule has 5 rings (SSSR count). The van der Waals surface area contributed by atoms with E-state index in [0.717, 1.165) is 16.7 Å². The van der Waals surface area contributed by atoms with Gasteiger partial charge < -0.3 is 4.90 Å². The van der Waals surface area contributed by atoms with Crippen molar-refractivity contribution in [2.45, 2.75) is 23.6 Å². The molecule has 1 unspecified atom stereocenters. The molecule has 0 N–H and O–H groups in total. The molecule has 2 aromatic carbocycles. The number of thioether (sulfide) groups is 1. The molecule has 1 atom stereocenters. The van der Waals surface area contributed by atoms with E-state index in [4.69, 9.17) is 0 Å². The zero-order chi connectivity index (χ0) is 21.0. The second-order valence-electron chi connectivity index (χ2n) is 7.63. The van der Waals surface area contributed by atoms with Crippen molar-refractivity contribution in [3.63, 3.8) is 0 Å². The number of amides is 1. The van der Waals surface area contributed by atoms with Gasteiger partial charge in [0.1, 0.15) is 18.2 Å². The van der Waals surface area contributed by atoms with Crippen molar-refractivity contribution in [3.8, 4) is 0 Å². The number of carbonyl (C=O) groups is 1. The molecular weight excluding hydrogens is 401 g/mol. The first-order valence-corrected chi connectivity index (χ1v) is 10.7. The molecule has 0 bridgehead atoms. The molecule has 0 aliphatic carbocycles. The fourth-order valence-corrected chi connectivity index (χ4v) is 5.41. The third-order valence-electron chi connectivity index (χ3n) is 5.82. The molecular formula is C23H20FN3O2S. The predicted octanol–water partition coefficient (Wildman–Crippen LogP) is 3.67. The monoisotopic (exact) mass is 421 g/mol. The fourth-order valence-electron chi connectivity index (χ4n) is 4.30. The summed E-state index contributed by atoms with van der Waals surface area (Å²) >= 11 is 1.49. The molecule has 0 radical (unpaired) electrons. The standard InChI is InChI=1S/C23H20FN3O2S/c1-14-19(28)10-11-26-20(14)23(29)25(2)13-27(26)21-16-7-4-3-6-15(16)12-30-22-17(21)8-5-9-18(22)24/h3-11,21H,12-13H2,1-2H3. The maximum Gasteiger partial charge on any atom is 0.274 e. The Kier molecular flexibility index (Phi) is 4.43. The Morgan fingerprint density at radius 1 is 1.03 bits per heavy atom. The Balaban J connectivity index is 1.80. The van der Waals surface area contributed by atoms with Crippen LogP contribution in [0.1, 0.15) is 38.8 Å². The number of aromatic nitrogens is 1. The van der Waals surface area contributed by atoms with Gasteiger partial charge in [0.05, 0.1) is 6.04 Å². The van der Waals surface area contributed by atoms with E-state index >= 15 is 0 Å². The molecule has 1 amide bonds. The van der Waals surface area contributed by atoms with Gasteiger partial charge >= 0.3 is 0 Å². The van der Waals surface area contributed by atoms with Gasteiger partial charge in [0, 0.05) is 35.5 Å². The Bertz CT molecular complexity index is 1240. The topological polar surface area (TPSA) is 45.6 Å². The number of pyridine rings is 1. The zero-order valence-electron chi connectivity index (χ0n) is 16.6. The largest absolute Gasteiger partial charge is 0.321 e. The molecule has 1 aromatic heterocycles. The summed E-state index contributed by atoms with van der Waals surface area (Å²) in [4.78, 5) is 27.4.